The molecule has 1 atom stereocenters. The van der Waals surface area contributed by atoms with Crippen LogP contribution in [0.15, 0.2) is 18.2 Å². The molecule has 1 rings (SSSR count). The molecule has 0 aliphatic heterocycles. The van der Waals surface area contributed by atoms with E-state index in [2.05, 4.69) is 19.9 Å². The van der Waals surface area contributed by atoms with Gasteiger partial charge in [-0.1, -0.05) is 32.9 Å². The van der Waals surface area contributed by atoms with E-state index in [1.165, 1.54) is 12.7 Å². The number of carbonyl (C=O) groups excluding carboxylic acids is 2. The Morgan fingerprint density at radius 1 is 1.21 bits per heavy atom. The fraction of sp³-hybridized carbons (Fsp3) is 0.579. The van der Waals surface area contributed by atoms with Crippen molar-refractivity contribution in [3.8, 4) is 5.75 Å². The molecule has 0 saturated carbocycles. The summed E-state index contributed by atoms with van der Waals surface area (Å²) in [5, 5.41) is 0. The lowest BCUT2D eigenvalue weighted by Gasteiger charge is -2.24. The molecule has 134 valence electrons. The second kappa shape index (κ2) is 9.30. The number of carbonyl (C=O) groups is 2. The van der Waals surface area contributed by atoms with Gasteiger partial charge in [0.25, 0.3) is 5.91 Å². The van der Waals surface area contributed by atoms with Crippen molar-refractivity contribution in [2.45, 2.75) is 40.5 Å². The lowest BCUT2D eigenvalue weighted by Crippen LogP contribution is -2.39. The predicted octanol–water partition coefficient (Wildman–Crippen LogP) is 3.15. The Bertz CT molecular complexity index is 568. The lowest BCUT2D eigenvalue weighted by atomic mass is 10.0. The number of benzene rings is 1. The van der Waals surface area contributed by atoms with Crippen LogP contribution in [0.3, 0.4) is 0 Å². The molecule has 5 nitrogen and oxygen atoms in total. The highest BCUT2D eigenvalue weighted by Crippen LogP contribution is 2.24. The third kappa shape index (κ3) is 5.55. The van der Waals surface area contributed by atoms with Gasteiger partial charge in [-0.15, -0.1) is 0 Å². The van der Waals surface area contributed by atoms with E-state index in [4.69, 9.17) is 9.47 Å². The van der Waals surface area contributed by atoms with Gasteiger partial charge >= 0.3 is 5.97 Å². The van der Waals surface area contributed by atoms with E-state index in [0.29, 0.717) is 19.0 Å². The zero-order valence-corrected chi connectivity index (χ0v) is 15.6. The largest absolute Gasteiger partial charge is 0.483 e. The minimum absolute atomic E-state index is 0.0376. The fourth-order valence-electron chi connectivity index (χ4n) is 2.38. The third-order valence-electron chi connectivity index (χ3n) is 4.06. The molecule has 0 aromatic heterocycles. The van der Waals surface area contributed by atoms with Crippen LogP contribution in [0.4, 0.5) is 0 Å². The van der Waals surface area contributed by atoms with Crippen molar-refractivity contribution < 1.29 is 19.1 Å². The van der Waals surface area contributed by atoms with Gasteiger partial charge in [0.2, 0.25) is 0 Å². The number of hydrogen-bond donors (Lipinski definition) is 0. The first-order valence-corrected chi connectivity index (χ1v) is 8.39. The van der Waals surface area contributed by atoms with Gasteiger partial charge in [-0.3, -0.25) is 9.59 Å². The van der Waals surface area contributed by atoms with E-state index in [1.54, 1.807) is 11.8 Å². The molecule has 1 aromatic carbocycles. The first kappa shape index (κ1) is 20.0. The van der Waals surface area contributed by atoms with Crippen LogP contribution in [0.2, 0.25) is 0 Å². The van der Waals surface area contributed by atoms with Crippen LogP contribution in [0.25, 0.3) is 0 Å². The number of rotatable bonds is 8. The van der Waals surface area contributed by atoms with Crippen molar-refractivity contribution in [3.63, 3.8) is 0 Å². The van der Waals surface area contributed by atoms with Crippen LogP contribution in [0, 0.1) is 12.8 Å². The molecule has 1 aromatic rings. The summed E-state index contributed by atoms with van der Waals surface area (Å²) in [6.45, 7) is 10.6. The van der Waals surface area contributed by atoms with E-state index in [1.807, 2.05) is 26.0 Å². The van der Waals surface area contributed by atoms with E-state index in [0.717, 1.165) is 11.3 Å². The highest BCUT2D eigenvalue weighted by molar-refractivity contribution is 5.79. The van der Waals surface area contributed by atoms with Gasteiger partial charge < -0.3 is 14.4 Å². The smallest absolute Gasteiger partial charge is 0.310 e. The number of esters is 1. The lowest BCUT2D eigenvalue weighted by molar-refractivity contribution is -0.146. The molecule has 0 aliphatic carbocycles. The maximum absolute atomic E-state index is 12.4. The summed E-state index contributed by atoms with van der Waals surface area (Å²) in [7, 11) is 1.35. The van der Waals surface area contributed by atoms with E-state index < -0.39 is 0 Å². The molecule has 24 heavy (non-hydrogen) atoms. The van der Waals surface area contributed by atoms with Crippen LogP contribution in [0.5, 0.6) is 5.75 Å². The molecule has 0 N–H and O–H groups in total. The van der Waals surface area contributed by atoms with Gasteiger partial charge in [0.05, 0.1) is 13.0 Å². The molecule has 0 spiro atoms. The van der Waals surface area contributed by atoms with Crippen molar-refractivity contribution in [1.29, 1.82) is 0 Å². The fourth-order valence-corrected chi connectivity index (χ4v) is 2.38. The summed E-state index contributed by atoms with van der Waals surface area (Å²) >= 11 is 0. The SMILES string of the molecule is CCN(CC(C)C(=O)OC)C(=O)COc1cc(C(C)C)ccc1C. The summed E-state index contributed by atoms with van der Waals surface area (Å²) in [6.07, 6.45) is 0. The van der Waals surface area contributed by atoms with Gasteiger partial charge in [0.15, 0.2) is 6.61 Å². The van der Waals surface area contributed by atoms with Crippen molar-refractivity contribution >= 4 is 11.9 Å². The third-order valence-corrected chi connectivity index (χ3v) is 4.06. The maximum Gasteiger partial charge on any atom is 0.310 e. The van der Waals surface area contributed by atoms with Crippen molar-refractivity contribution in [1.82, 2.24) is 4.90 Å². The molecule has 0 aliphatic rings. The quantitative estimate of drug-likeness (QED) is 0.685. The second-order valence-corrected chi connectivity index (χ2v) is 6.32. The predicted molar refractivity (Wildman–Crippen MR) is 94.2 cm³/mol. The van der Waals surface area contributed by atoms with Crippen molar-refractivity contribution in [2.75, 3.05) is 26.8 Å². The summed E-state index contributed by atoms with van der Waals surface area (Å²) < 4.78 is 10.4. The van der Waals surface area contributed by atoms with Gasteiger partial charge in [0, 0.05) is 13.1 Å². The number of amides is 1. The van der Waals surface area contributed by atoms with E-state index in [9.17, 15) is 9.59 Å². The molecule has 0 bridgehead atoms. The molecular weight excluding hydrogens is 306 g/mol. The summed E-state index contributed by atoms with van der Waals surface area (Å²) in [5.74, 6) is 0.318. The first-order chi connectivity index (χ1) is 11.3. The maximum atomic E-state index is 12.4. The second-order valence-electron chi connectivity index (χ2n) is 6.32. The van der Waals surface area contributed by atoms with Crippen LogP contribution >= 0.6 is 0 Å². The minimum Gasteiger partial charge on any atom is -0.483 e. The van der Waals surface area contributed by atoms with Gasteiger partial charge in [-0.05, 0) is 37.0 Å². The molecule has 0 radical (unpaired) electrons. The number of methoxy groups -OCH3 is 1. The van der Waals surface area contributed by atoms with Crippen LogP contribution in [-0.4, -0.2) is 43.6 Å². The van der Waals surface area contributed by atoms with Crippen LogP contribution < -0.4 is 4.74 Å². The number of ether oxygens (including phenoxy) is 2. The molecule has 0 saturated heterocycles. The number of nitrogens with zero attached hydrogens (tertiary/aromatic N) is 1. The molecule has 1 unspecified atom stereocenters. The summed E-state index contributed by atoms with van der Waals surface area (Å²) in [4.78, 5) is 25.5. The highest BCUT2D eigenvalue weighted by atomic mass is 16.5. The molecule has 5 heteroatoms. The number of likely N-dealkylation sites (N-methyl/N-ethyl adjacent to an activating group) is 1. The highest BCUT2D eigenvalue weighted by Gasteiger charge is 2.21. The zero-order chi connectivity index (χ0) is 18.3. The van der Waals surface area contributed by atoms with Gasteiger partial charge in [0.1, 0.15) is 5.75 Å². The van der Waals surface area contributed by atoms with Gasteiger partial charge in [-0.2, -0.15) is 0 Å². The van der Waals surface area contributed by atoms with E-state index >= 15 is 0 Å². The van der Waals surface area contributed by atoms with Crippen LogP contribution in [-0.2, 0) is 14.3 Å². The Morgan fingerprint density at radius 3 is 2.42 bits per heavy atom. The first-order valence-electron chi connectivity index (χ1n) is 8.39. The zero-order valence-electron chi connectivity index (χ0n) is 15.6. The number of aryl methyl sites for hydroxylation is 1. The normalized spacial score (nSPS) is 12.0. The topological polar surface area (TPSA) is 55.8 Å². The minimum atomic E-state index is -0.357. The standard InChI is InChI=1S/C19H29NO4/c1-7-20(11-15(5)19(22)23-6)18(21)12-24-17-10-16(13(2)3)9-8-14(17)4/h8-10,13,15H,7,11-12H2,1-6H3. The summed E-state index contributed by atoms with van der Waals surface area (Å²) in [6, 6.07) is 6.07. The Balaban J connectivity index is 2.70. The molecule has 0 heterocycles. The summed E-state index contributed by atoms with van der Waals surface area (Å²) in [5.41, 5.74) is 2.17. The Morgan fingerprint density at radius 2 is 1.88 bits per heavy atom. The Labute approximate surface area is 144 Å². The number of hydrogen-bond acceptors (Lipinski definition) is 4. The Hall–Kier alpha value is -2.04. The Kier molecular flexibility index (Phi) is 7.75. The molecule has 0 fully saturated rings. The van der Waals surface area contributed by atoms with Crippen molar-refractivity contribution in [3.05, 3.63) is 29.3 Å². The van der Waals surface area contributed by atoms with E-state index in [-0.39, 0.29) is 24.4 Å². The van der Waals surface area contributed by atoms with Crippen LogP contribution in [0.1, 0.15) is 44.7 Å². The average Bonchev–Trinajstić information content (AvgIpc) is 2.57. The molecular formula is C19H29NO4. The average molecular weight is 335 g/mol. The molecule has 1 amide bonds. The van der Waals surface area contributed by atoms with Gasteiger partial charge in [-0.25, -0.2) is 0 Å². The van der Waals surface area contributed by atoms with Crippen molar-refractivity contribution in [2.24, 2.45) is 5.92 Å². The monoisotopic (exact) mass is 335 g/mol.